The summed E-state index contributed by atoms with van der Waals surface area (Å²) in [4.78, 5) is 14.3. The van der Waals surface area contributed by atoms with Crippen LogP contribution in [0, 0.1) is 0 Å². The Hall–Kier alpha value is -1.89. The van der Waals surface area contributed by atoms with Gasteiger partial charge in [0.1, 0.15) is 17.1 Å². The van der Waals surface area contributed by atoms with Crippen LogP contribution in [0.3, 0.4) is 0 Å². The molecule has 116 valence electrons. The fourth-order valence-corrected chi connectivity index (χ4v) is 3.28. The van der Waals surface area contributed by atoms with E-state index in [9.17, 15) is 4.79 Å². The molecule has 2 heterocycles. The van der Waals surface area contributed by atoms with Gasteiger partial charge in [0.25, 0.3) is 0 Å². The van der Waals surface area contributed by atoms with Crippen molar-refractivity contribution < 1.29 is 23.7 Å². The second-order valence-electron chi connectivity index (χ2n) is 4.64. The number of carbonyl (C=O) groups is 1. The molecular weight excluding hydrogens is 304 g/mol. The monoisotopic (exact) mass is 320 g/mol. The predicted molar refractivity (Wildman–Crippen MR) is 81.9 cm³/mol. The Labute approximate surface area is 132 Å². The van der Waals surface area contributed by atoms with Gasteiger partial charge in [0, 0.05) is 0 Å². The number of thiophene rings is 1. The minimum absolute atomic E-state index is 0.136. The Morgan fingerprint density at radius 2 is 1.73 bits per heavy atom. The van der Waals surface area contributed by atoms with E-state index in [0.29, 0.717) is 35.2 Å². The molecule has 0 amide bonds. The van der Waals surface area contributed by atoms with Gasteiger partial charge in [-0.15, -0.1) is 11.3 Å². The number of hydrogen-bond acceptors (Lipinski definition) is 6. The van der Waals surface area contributed by atoms with Gasteiger partial charge < -0.3 is 18.9 Å². The van der Waals surface area contributed by atoms with Crippen molar-refractivity contribution in [1.82, 2.24) is 0 Å². The first-order chi connectivity index (χ1) is 10.7. The normalized spacial score (nSPS) is 15.0. The van der Waals surface area contributed by atoms with Crippen molar-refractivity contribution in [3.63, 3.8) is 0 Å². The maximum absolute atomic E-state index is 12.8. The lowest BCUT2D eigenvalue weighted by molar-refractivity contribution is -0.0413. The lowest BCUT2D eigenvalue weighted by Crippen LogP contribution is -2.05. The molecule has 0 radical (unpaired) electrons. The van der Waals surface area contributed by atoms with Gasteiger partial charge in [0.15, 0.2) is 6.29 Å². The molecule has 0 aliphatic carbocycles. The van der Waals surface area contributed by atoms with Gasteiger partial charge in [0.05, 0.1) is 37.2 Å². The predicted octanol–water partition coefficient (Wildman–Crippen LogP) is 3.04. The lowest BCUT2D eigenvalue weighted by Gasteiger charge is -2.11. The van der Waals surface area contributed by atoms with Crippen molar-refractivity contribution in [3.8, 4) is 11.5 Å². The van der Waals surface area contributed by atoms with Crippen molar-refractivity contribution in [2.24, 2.45) is 0 Å². The maximum Gasteiger partial charge on any atom is 0.210 e. The Morgan fingerprint density at radius 3 is 2.32 bits per heavy atom. The third-order valence-electron chi connectivity index (χ3n) is 3.36. The first-order valence-electron chi connectivity index (χ1n) is 6.83. The Bertz CT molecular complexity index is 651. The van der Waals surface area contributed by atoms with Gasteiger partial charge in [-0.3, -0.25) is 4.79 Å². The molecular formula is C16H16O5S. The zero-order chi connectivity index (χ0) is 15.5. The Morgan fingerprint density at radius 1 is 1.09 bits per heavy atom. The van der Waals surface area contributed by atoms with E-state index in [-0.39, 0.29) is 12.1 Å². The van der Waals surface area contributed by atoms with E-state index in [0.717, 1.165) is 4.88 Å². The molecule has 1 aliphatic rings. The SMILES string of the molecule is COc1cccc(OC)c1C(=O)c1ccc(C2OCCO2)s1. The van der Waals surface area contributed by atoms with E-state index >= 15 is 0 Å². The van der Waals surface area contributed by atoms with Crippen LogP contribution in [0.4, 0.5) is 0 Å². The van der Waals surface area contributed by atoms with E-state index in [1.54, 1.807) is 24.3 Å². The van der Waals surface area contributed by atoms with Crippen LogP contribution in [-0.4, -0.2) is 33.2 Å². The number of methoxy groups -OCH3 is 2. The fraction of sp³-hybridized carbons (Fsp3) is 0.312. The van der Waals surface area contributed by atoms with Crippen LogP contribution >= 0.6 is 11.3 Å². The molecule has 0 spiro atoms. The summed E-state index contributed by atoms with van der Waals surface area (Å²) in [7, 11) is 3.07. The summed E-state index contributed by atoms with van der Waals surface area (Å²) >= 11 is 1.36. The van der Waals surface area contributed by atoms with Gasteiger partial charge in [-0.05, 0) is 24.3 Å². The van der Waals surface area contributed by atoms with E-state index in [4.69, 9.17) is 18.9 Å². The highest BCUT2D eigenvalue weighted by Crippen LogP contribution is 2.35. The van der Waals surface area contributed by atoms with Crippen LogP contribution in [0.2, 0.25) is 0 Å². The summed E-state index contributed by atoms with van der Waals surface area (Å²) in [5, 5.41) is 0. The summed E-state index contributed by atoms with van der Waals surface area (Å²) in [5.41, 5.74) is 0.425. The Kier molecular flexibility index (Phi) is 4.42. The van der Waals surface area contributed by atoms with Crippen molar-refractivity contribution in [3.05, 3.63) is 45.6 Å². The quantitative estimate of drug-likeness (QED) is 0.793. The standard InChI is InChI=1S/C16H16O5S/c1-18-10-4-3-5-11(19-2)14(10)15(17)12-6-7-13(22-12)16-20-8-9-21-16/h3-7,16H,8-9H2,1-2H3. The molecule has 5 nitrogen and oxygen atoms in total. The number of rotatable bonds is 5. The first-order valence-corrected chi connectivity index (χ1v) is 7.65. The minimum Gasteiger partial charge on any atom is -0.496 e. The Balaban J connectivity index is 1.94. The van der Waals surface area contributed by atoms with E-state index in [2.05, 4.69) is 0 Å². The average Bonchev–Trinajstić information content (AvgIpc) is 3.23. The second kappa shape index (κ2) is 6.48. The van der Waals surface area contributed by atoms with Crippen LogP contribution in [0.1, 0.15) is 26.4 Å². The zero-order valence-corrected chi connectivity index (χ0v) is 13.1. The molecule has 0 bridgehead atoms. The van der Waals surface area contributed by atoms with Crippen LogP contribution in [0.25, 0.3) is 0 Å². The van der Waals surface area contributed by atoms with Crippen LogP contribution in [-0.2, 0) is 9.47 Å². The van der Waals surface area contributed by atoms with E-state index in [1.165, 1.54) is 25.6 Å². The van der Waals surface area contributed by atoms with Crippen LogP contribution in [0.15, 0.2) is 30.3 Å². The number of ether oxygens (including phenoxy) is 4. The van der Waals surface area contributed by atoms with Gasteiger partial charge in [-0.1, -0.05) is 6.07 Å². The van der Waals surface area contributed by atoms with Gasteiger partial charge in [-0.2, -0.15) is 0 Å². The third-order valence-corrected chi connectivity index (χ3v) is 4.47. The molecule has 6 heteroatoms. The van der Waals surface area contributed by atoms with Crippen molar-refractivity contribution in [2.75, 3.05) is 27.4 Å². The number of carbonyl (C=O) groups excluding carboxylic acids is 1. The van der Waals surface area contributed by atoms with Crippen molar-refractivity contribution in [2.45, 2.75) is 6.29 Å². The van der Waals surface area contributed by atoms with Gasteiger partial charge in [-0.25, -0.2) is 0 Å². The molecule has 1 aliphatic heterocycles. The highest BCUT2D eigenvalue weighted by atomic mass is 32.1. The smallest absolute Gasteiger partial charge is 0.210 e. The second-order valence-corrected chi connectivity index (χ2v) is 5.76. The number of ketones is 1. The number of benzene rings is 1. The zero-order valence-electron chi connectivity index (χ0n) is 12.3. The highest BCUT2D eigenvalue weighted by molar-refractivity contribution is 7.14. The molecule has 22 heavy (non-hydrogen) atoms. The van der Waals surface area contributed by atoms with Gasteiger partial charge in [0.2, 0.25) is 5.78 Å². The van der Waals surface area contributed by atoms with E-state index < -0.39 is 0 Å². The average molecular weight is 320 g/mol. The molecule has 2 aromatic rings. The molecule has 0 atom stereocenters. The molecule has 1 saturated heterocycles. The maximum atomic E-state index is 12.8. The molecule has 0 saturated carbocycles. The molecule has 1 aromatic carbocycles. The molecule has 1 aromatic heterocycles. The summed E-state index contributed by atoms with van der Waals surface area (Å²) < 4.78 is 21.5. The van der Waals surface area contributed by atoms with Gasteiger partial charge >= 0.3 is 0 Å². The highest BCUT2D eigenvalue weighted by Gasteiger charge is 2.25. The molecule has 1 fully saturated rings. The van der Waals surface area contributed by atoms with Crippen molar-refractivity contribution in [1.29, 1.82) is 0 Å². The third kappa shape index (κ3) is 2.72. The molecule has 3 rings (SSSR count). The largest absolute Gasteiger partial charge is 0.496 e. The first kappa shape index (κ1) is 15.0. The summed E-state index contributed by atoms with van der Waals surface area (Å²) in [6.45, 7) is 1.15. The fourth-order valence-electron chi connectivity index (χ4n) is 2.32. The van der Waals surface area contributed by atoms with Crippen LogP contribution in [0.5, 0.6) is 11.5 Å². The lowest BCUT2D eigenvalue weighted by atomic mass is 10.1. The topological polar surface area (TPSA) is 54.0 Å². The minimum atomic E-state index is -0.369. The van der Waals surface area contributed by atoms with E-state index in [1.807, 2.05) is 6.07 Å². The van der Waals surface area contributed by atoms with Crippen molar-refractivity contribution >= 4 is 17.1 Å². The van der Waals surface area contributed by atoms with Crippen LogP contribution < -0.4 is 9.47 Å². The number of hydrogen-bond donors (Lipinski definition) is 0. The summed E-state index contributed by atoms with van der Waals surface area (Å²) in [5.74, 6) is 0.851. The summed E-state index contributed by atoms with van der Waals surface area (Å²) in [6.07, 6.45) is -0.369. The molecule has 0 N–H and O–H groups in total. The molecule has 0 unspecified atom stereocenters. The summed E-state index contributed by atoms with van der Waals surface area (Å²) in [6, 6.07) is 8.91.